The van der Waals surface area contributed by atoms with Gasteiger partial charge in [-0.1, -0.05) is 44.9 Å². The topological polar surface area (TPSA) is 47.6 Å². The van der Waals surface area contributed by atoms with Crippen molar-refractivity contribution in [3.05, 3.63) is 0 Å². The van der Waals surface area contributed by atoms with Crippen molar-refractivity contribution in [3.8, 4) is 0 Å². The summed E-state index contributed by atoms with van der Waals surface area (Å²) in [7, 11) is 1.68. The number of unbranched alkanes of at least 4 members (excludes halogenated alkanes) is 7. The molecule has 1 N–H and O–H groups in total. The molecule has 0 aliphatic rings. The summed E-state index contributed by atoms with van der Waals surface area (Å²) in [5.74, 6) is 0.195. The van der Waals surface area contributed by atoms with Crippen LogP contribution in [0.3, 0.4) is 0 Å². The fraction of sp³-hybridized carbons (Fsp3) is 0.938. The standard InChI is InChI=1S/C16H35NO3Si/c1-5-17-16(18)14-12-10-8-6-7-9-11-13-15-21(4,19-2)20-3/h5-15H2,1-4H3,(H,17,18). The maximum atomic E-state index is 11.3. The van der Waals surface area contributed by atoms with Crippen molar-refractivity contribution in [2.75, 3.05) is 20.8 Å². The zero-order valence-electron chi connectivity index (χ0n) is 14.5. The first-order chi connectivity index (χ1) is 10.1. The Bertz CT molecular complexity index is 258. The largest absolute Gasteiger partial charge is 0.398 e. The fourth-order valence-corrected chi connectivity index (χ4v) is 3.83. The molecule has 1 amide bonds. The average Bonchev–Trinajstić information content (AvgIpc) is 2.49. The van der Waals surface area contributed by atoms with Crippen LogP contribution in [0.2, 0.25) is 12.6 Å². The van der Waals surface area contributed by atoms with Gasteiger partial charge in [0.25, 0.3) is 0 Å². The van der Waals surface area contributed by atoms with Crippen molar-refractivity contribution in [2.45, 2.75) is 77.3 Å². The summed E-state index contributed by atoms with van der Waals surface area (Å²) in [6.07, 6.45) is 10.5. The van der Waals surface area contributed by atoms with Crippen molar-refractivity contribution in [3.63, 3.8) is 0 Å². The van der Waals surface area contributed by atoms with Gasteiger partial charge in [0.15, 0.2) is 0 Å². The Hall–Kier alpha value is -0.393. The lowest BCUT2D eigenvalue weighted by Crippen LogP contribution is -2.35. The number of amides is 1. The Morgan fingerprint density at radius 3 is 1.86 bits per heavy atom. The fourth-order valence-electron chi connectivity index (χ4n) is 2.37. The predicted molar refractivity (Wildman–Crippen MR) is 90.7 cm³/mol. The van der Waals surface area contributed by atoms with E-state index < -0.39 is 8.56 Å². The van der Waals surface area contributed by atoms with Crippen LogP contribution in [0.5, 0.6) is 0 Å². The van der Waals surface area contributed by atoms with Crippen molar-refractivity contribution >= 4 is 14.5 Å². The lowest BCUT2D eigenvalue weighted by molar-refractivity contribution is -0.121. The molecular weight excluding hydrogens is 282 g/mol. The third kappa shape index (κ3) is 11.9. The highest BCUT2D eigenvalue weighted by molar-refractivity contribution is 6.65. The second-order valence-corrected chi connectivity index (χ2v) is 9.41. The van der Waals surface area contributed by atoms with Crippen molar-refractivity contribution < 1.29 is 13.6 Å². The van der Waals surface area contributed by atoms with Gasteiger partial charge in [0.05, 0.1) is 0 Å². The summed E-state index contributed by atoms with van der Waals surface area (Å²) >= 11 is 0. The minimum absolute atomic E-state index is 0.195. The summed E-state index contributed by atoms with van der Waals surface area (Å²) in [6.45, 7) is 4.83. The molecule has 0 heterocycles. The van der Waals surface area contributed by atoms with Crippen LogP contribution >= 0.6 is 0 Å². The van der Waals surface area contributed by atoms with E-state index in [1.54, 1.807) is 14.2 Å². The first-order valence-corrected chi connectivity index (χ1v) is 11.0. The number of carbonyl (C=O) groups is 1. The zero-order valence-corrected chi connectivity index (χ0v) is 15.5. The van der Waals surface area contributed by atoms with Gasteiger partial charge in [-0.25, -0.2) is 0 Å². The molecule has 0 aromatic carbocycles. The first kappa shape index (κ1) is 20.6. The summed E-state index contributed by atoms with van der Waals surface area (Å²) in [5.41, 5.74) is 0. The Labute approximate surface area is 132 Å². The zero-order chi connectivity index (χ0) is 16.0. The maximum Gasteiger partial charge on any atom is 0.334 e. The molecule has 0 atom stereocenters. The van der Waals surface area contributed by atoms with E-state index in [-0.39, 0.29) is 5.91 Å². The van der Waals surface area contributed by atoms with Crippen molar-refractivity contribution in [2.24, 2.45) is 0 Å². The highest BCUT2D eigenvalue weighted by atomic mass is 28.4. The van der Waals surface area contributed by atoms with Crippen molar-refractivity contribution in [1.82, 2.24) is 5.32 Å². The summed E-state index contributed by atoms with van der Waals surface area (Å²) in [4.78, 5) is 11.3. The second-order valence-electron chi connectivity index (χ2n) is 5.82. The van der Waals surface area contributed by atoms with Crippen LogP contribution in [0.1, 0.15) is 64.7 Å². The molecule has 0 saturated carbocycles. The Morgan fingerprint density at radius 1 is 0.905 bits per heavy atom. The van der Waals surface area contributed by atoms with Gasteiger partial charge in [-0.05, 0) is 25.9 Å². The number of hydrogen-bond acceptors (Lipinski definition) is 3. The molecule has 0 aromatic rings. The molecule has 0 rings (SSSR count). The highest BCUT2D eigenvalue weighted by Gasteiger charge is 2.27. The molecule has 0 aromatic heterocycles. The molecule has 0 saturated heterocycles. The van der Waals surface area contributed by atoms with E-state index in [2.05, 4.69) is 11.9 Å². The van der Waals surface area contributed by atoms with Gasteiger partial charge < -0.3 is 14.2 Å². The average molecular weight is 318 g/mol. The van der Waals surface area contributed by atoms with Gasteiger partial charge in [-0.2, -0.15) is 0 Å². The second kappa shape index (κ2) is 13.3. The van der Waals surface area contributed by atoms with Gasteiger partial charge in [0.2, 0.25) is 5.91 Å². The molecule has 0 unspecified atom stereocenters. The highest BCUT2D eigenvalue weighted by Crippen LogP contribution is 2.17. The number of carbonyl (C=O) groups excluding carboxylic acids is 1. The molecule has 0 aliphatic carbocycles. The molecule has 0 aliphatic heterocycles. The molecule has 0 fully saturated rings. The van der Waals surface area contributed by atoms with Crippen LogP contribution in [-0.4, -0.2) is 35.2 Å². The molecule has 21 heavy (non-hydrogen) atoms. The van der Waals surface area contributed by atoms with Crippen LogP contribution < -0.4 is 5.32 Å². The molecule has 126 valence electrons. The smallest absolute Gasteiger partial charge is 0.334 e. The Balaban J connectivity index is 3.28. The van der Waals surface area contributed by atoms with Crippen LogP contribution in [0.15, 0.2) is 0 Å². The van der Waals surface area contributed by atoms with Gasteiger partial charge in [-0.3, -0.25) is 4.79 Å². The van der Waals surface area contributed by atoms with Crippen LogP contribution in [0.4, 0.5) is 0 Å². The third-order valence-electron chi connectivity index (χ3n) is 4.02. The molecule has 5 heteroatoms. The minimum atomic E-state index is -1.84. The van der Waals surface area contributed by atoms with Crippen LogP contribution in [-0.2, 0) is 13.6 Å². The van der Waals surface area contributed by atoms with Crippen LogP contribution in [0.25, 0.3) is 0 Å². The normalized spacial score (nSPS) is 11.6. The predicted octanol–water partition coefficient (Wildman–Crippen LogP) is 4.00. The number of rotatable bonds is 14. The van der Waals surface area contributed by atoms with E-state index in [4.69, 9.17) is 8.85 Å². The Morgan fingerprint density at radius 2 is 1.38 bits per heavy atom. The van der Waals surface area contributed by atoms with Gasteiger partial charge in [0.1, 0.15) is 0 Å². The van der Waals surface area contributed by atoms with E-state index in [0.29, 0.717) is 6.42 Å². The third-order valence-corrected chi connectivity index (χ3v) is 7.01. The van der Waals surface area contributed by atoms with Crippen molar-refractivity contribution in [1.29, 1.82) is 0 Å². The summed E-state index contributed by atoms with van der Waals surface area (Å²) < 4.78 is 11.0. The van der Waals surface area contributed by atoms with E-state index in [1.165, 1.54) is 44.9 Å². The molecule has 0 radical (unpaired) electrons. The van der Waals surface area contributed by atoms with E-state index in [1.807, 2.05) is 6.92 Å². The van der Waals surface area contributed by atoms with Gasteiger partial charge >= 0.3 is 8.56 Å². The first-order valence-electron chi connectivity index (χ1n) is 8.45. The SMILES string of the molecule is CCNC(=O)CCCCCCCCCC[Si](C)(OC)OC. The summed E-state index contributed by atoms with van der Waals surface area (Å²) in [5, 5.41) is 2.84. The lowest BCUT2D eigenvalue weighted by atomic mass is 10.1. The van der Waals surface area contributed by atoms with Gasteiger partial charge in [-0.15, -0.1) is 0 Å². The number of nitrogens with one attached hydrogen (secondary N) is 1. The summed E-state index contributed by atoms with van der Waals surface area (Å²) in [6, 6.07) is 1.09. The van der Waals surface area contributed by atoms with E-state index >= 15 is 0 Å². The Kier molecular flexibility index (Phi) is 13.0. The molecule has 4 nitrogen and oxygen atoms in total. The molecular formula is C16H35NO3Si. The number of hydrogen-bond donors (Lipinski definition) is 1. The van der Waals surface area contributed by atoms with Gasteiger partial charge in [0, 0.05) is 27.2 Å². The molecule has 0 bridgehead atoms. The van der Waals surface area contributed by atoms with E-state index in [0.717, 1.165) is 19.0 Å². The lowest BCUT2D eigenvalue weighted by Gasteiger charge is -2.22. The minimum Gasteiger partial charge on any atom is -0.398 e. The van der Waals surface area contributed by atoms with Crippen LogP contribution in [0, 0.1) is 0 Å². The quantitative estimate of drug-likeness (QED) is 0.389. The maximum absolute atomic E-state index is 11.3. The monoisotopic (exact) mass is 317 g/mol. The van der Waals surface area contributed by atoms with E-state index in [9.17, 15) is 4.79 Å². The molecule has 0 spiro atoms.